The van der Waals surface area contributed by atoms with E-state index in [1.807, 2.05) is 38.1 Å². The summed E-state index contributed by atoms with van der Waals surface area (Å²) in [7, 11) is 0. The molecule has 1 fully saturated rings. The van der Waals surface area contributed by atoms with Gasteiger partial charge in [0, 0.05) is 17.6 Å². The molecule has 0 spiro atoms. The van der Waals surface area contributed by atoms with Crippen LogP contribution in [0.3, 0.4) is 0 Å². The smallest absolute Gasteiger partial charge is 0.287 e. The maximum atomic E-state index is 12.3. The summed E-state index contributed by atoms with van der Waals surface area (Å²) in [6.45, 7) is 4.68. The summed E-state index contributed by atoms with van der Waals surface area (Å²) < 4.78 is 11.3. The Hall–Kier alpha value is -1.81. The number of carbonyl (C=O) groups is 1. The van der Waals surface area contributed by atoms with Gasteiger partial charge in [0.25, 0.3) is 5.91 Å². The van der Waals surface area contributed by atoms with Crippen molar-refractivity contribution >= 4 is 16.9 Å². The monoisotopic (exact) mass is 273 g/mol. The molecule has 1 amide bonds. The average Bonchev–Trinajstić information content (AvgIpc) is 3.07. The molecule has 1 aliphatic rings. The summed E-state index contributed by atoms with van der Waals surface area (Å²) in [5.41, 5.74) is 1.64. The van der Waals surface area contributed by atoms with Gasteiger partial charge in [0.15, 0.2) is 5.76 Å². The Bertz CT molecular complexity index is 626. The van der Waals surface area contributed by atoms with Crippen molar-refractivity contribution in [1.29, 1.82) is 0 Å². The molecule has 2 unspecified atom stereocenters. The molecule has 2 aromatic rings. The molecule has 1 aromatic carbocycles. The van der Waals surface area contributed by atoms with Crippen LogP contribution >= 0.6 is 0 Å². The number of hydrogen-bond donors (Lipinski definition) is 1. The van der Waals surface area contributed by atoms with Crippen molar-refractivity contribution in [3.8, 4) is 0 Å². The van der Waals surface area contributed by atoms with Crippen LogP contribution in [0.4, 0.5) is 0 Å². The normalized spacial score (nSPS) is 20.2. The highest BCUT2D eigenvalue weighted by molar-refractivity contribution is 5.99. The highest BCUT2D eigenvalue weighted by Crippen LogP contribution is 2.25. The number of hydrogen-bond acceptors (Lipinski definition) is 3. The molecule has 0 bridgehead atoms. The Kier molecular flexibility index (Phi) is 3.49. The third-order valence-corrected chi connectivity index (χ3v) is 3.93. The Labute approximate surface area is 118 Å². The van der Waals surface area contributed by atoms with Crippen molar-refractivity contribution in [3.05, 3.63) is 35.6 Å². The SMILES string of the molecule is Cc1c(C(=O)NC(C)C2CCCO2)oc2ccccc12. The second kappa shape index (κ2) is 5.29. The van der Waals surface area contributed by atoms with Crippen LogP contribution in [0.1, 0.15) is 35.9 Å². The van der Waals surface area contributed by atoms with Gasteiger partial charge in [-0.3, -0.25) is 4.79 Å². The Morgan fingerprint density at radius 2 is 2.20 bits per heavy atom. The zero-order valence-corrected chi connectivity index (χ0v) is 11.8. The Balaban J connectivity index is 1.80. The highest BCUT2D eigenvalue weighted by atomic mass is 16.5. The maximum Gasteiger partial charge on any atom is 0.287 e. The summed E-state index contributed by atoms with van der Waals surface area (Å²) in [4.78, 5) is 12.3. The lowest BCUT2D eigenvalue weighted by molar-refractivity contribution is 0.0697. The molecule has 1 aliphatic heterocycles. The first-order chi connectivity index (χ1) is 9.66. The number of para-hydroxylation sites is 1. The third-order valence-electron chi connectivity index (χ3n) is 3.93. The van der Waals surface area contributed by atoms with E-state index in [2.05, 4.69) is 5.32 Å². The molecule has 0 saturated carbocycles. The molecular formula is C16H19NO3. The van der Waals surface area contributed by atoms with Gasteiger partial charge in [0.05, 0.1) is 12.1 Å². The summed E-state index contributed by atoms with van der Waals surface area (Å²) in [5.74, 6) is 0.234. The van der Waals surface area contributed by atoms with Gasteiger partial charge in [-0.1, -0.05) is 18.2 Å². The lowest BCUT2D eigenvalue weighted by Crippen LogP contribution is -2.40. The first-order valence-electron chi connectivity index (χ1n) is 7.07. The van der Waals surface area contributed by atoms with Crippen LogP contribution in [0, 0.1) is 6.92 Å². The Morgan fingerprint density at radius 3 is 2.90 bits per heavy atom. The molecule has 4 nitrogen and oxygen atoms in total. The van der Waals surface area contributed by atoms with Crippen molar-refractivity contribution in [2.75, 3.05) is 6.61 Å². The number of ether oxygens (including phenoxy) is 1. The fourth-order valence-corrected chi connectivity index (χ4v) is 2.75. The number of benzene rings is 1. The molecule has 4 heteroatoms. The van der Waals surface area contributed by atoms with E-state index in [-0.39, 0.29) is 18.1 Å². The number of rotatable bonds is 3. The van der Waals surface area contributed by atoms with Gasteiger partial charge in [-0.05, 0) is 32.8 Å². The fraction of sp³-hybridized carbons (Fsp3) is 0.438. The van der Waals surface area contributed by atoms with Crippen LogP contribution < -0.4 is 5.32 Å². The second-order valence-corrected chi connectivity index (χ2v) is 5.37. The molecule has 1 N–H and O–H groups in total. The standard InChI is InChI=1S/C16H19NO3/c1-10-12-6-3-4-7-14(12)20-15(10)16(18)17-11(2)13-8-5-9-19-13/h3-4,6-7,11,13H,5,8-9H2,1-2H3,(H,17,18). The number of aryl methyl sites for hydroxylation is 1. The van der Waals surface area contributed by atoms with Crippen LogP contribution in [0.2, 0.25) is 0 Å². The van der Waals surface area contributed by atoms with Gasteiger partial charge in [-0.25, -0.2) is 0 Å². The Morgan fingerprint density at radius 1 is 1.40 bits per heavy atom. The zero-order valence-electron chi connectivity index (χ0n) is 11.8. The molecule has 1 aromatic heterocycles. The first-order valence-corrected chi connectivity index (χ1v) is 7.07. The number of carbonyl (C=O) groups excluding carboxylic acids is 1. The van der Waals surface area contributed by atoms with Crippen molar-refractivity contribution in [1.82, 2.24) is 5.32 Å². The molecular weight excluding hydrogens is 254 g/mol. The number of nitrogens with one attached hydrogen (secondary N) is 1. The molecule has 2 heterocycles. The van der Waals surface area contributed by atoms with Crippen LogP contribution in [-0.2, 0) is 4.74 Å². The van der Waals surface area contributed by atoms with Gasteiger partial charge in [-0.2, -0.15) is 0 Å². The predicted octanol–water partition coefficient (Wildman–Crippen LogP) is 3.04. The summed E-state index contributed by atoms with van der Waals surface area (Å²) >= 11 is 0. The minimum absolute atomic E-state index is 0.00221. The fourth-order valence-electron chi connectivity index (χ4n) is 2.75. The predicted molar refractivity (Wildman–Crippen MR) is 76.9 cm³/mol. The molecule has 3 rings (SSSR count). The van der Waals surface area contributed by atoms with Gasteiger partial charge in [0.2, 0.25) is 0 Å². The molecule has 0 aliphatic carbocycles. The van der Waals surface area contributed by atoms with E-state index in [0.717, 1.165) is 36.0 Å². The van der Waals surface area contributed by atoms with E-state index < -0.39 is 0 Å². The maximum absolute atomic E-state index is 12.3. The van der Waals surface area contributed by atoms with Crippen LogP contribution in [-0.4, -0.2) is 24.7 Å². The van der Waals surface area contributed by atoms with Crippen molar-refractivity contribution < 1.29 is 13.9 Å². The average molecular weight is 273 g/mol. The van der Waals surface area contributed by atoms with E-state index >= 15 is 0 Å². The van der Waals surface area contributed by atoms with Crippen LogP contribution in [0.15, 0.2) is 28.7 Å². The summed E-state index contributed by atoms with van der Waals surface area (Å²) in [6, 6.07) is 7.69. The first kappa shape index (κ1) is 13.2. The number of furan rings is 1. The second-order valence-electron chi connectivity index (χ2n) is 5.37. The number of amides is 1. The zero-order chi connectivity index (χ0) is 14.1. The van der Waals surface area contributed by atoms with Crippen LogP contribution in [0.5, 0.6) is 0 Å². The van der Waals surface area contributed by atoms with Gasteiger partial charge >= 0.3 is 0 Å². The lowest BCUT2D eigenvalue weighted by atomic mass is 10.1. The van der Waals surface area contributed by atoms with E-state index in [9.17, 15) is 4.79 Å². The van der Waals surface area contributed by atoms with E-state index in [1.165, 1.54) is 0 Å². The van der Waals surface area contributed by atoms with Gasteiger partial charge in [-0.15, -0.1) is 0 Å². The van der Waals surface area contributed by atoms with Gasteiger partial charge < -0.3 is 14.5 Å². The lowest BCUT2D eigenvalue weighted by Gasteiger charge is -2.19. The quantitative estimate of drug-likeness (QED) is 0.935. The molecule has 0 radical (unpaired) electrons. The summed E-state index contributed by atoms with van der Waals surface area (Å²) in [6.07, 6.45) is 2.18. The summed E-state index contributed by atoms with van der Waals surface area (Å²) in [5, 5.41) is 3.97. The molecule has 2 atom stereocenters. The molecule has 106 valence electrons. The van der Waals surface area contributed by atoms with Crippen LogP contribution in [0.25, 0.3) is 11.0 Å². The van der Waals surface area contributed by atoms with E-state index in [4.69, 9.17) is 9.15 Å². The minimum Gasteiger partial charge on any atom is -0.451 e. The van der Waals surface area contributed by atoms with Gasteiger partial charge in [0.1, 0.15) is 5.58 Å². The number of fused-ring (bicyclic) bond motifs is 1. The highest BCUT2D eigenvalue weighted by Gasteiger charge is 2.26. The van der Waals surface area contributed by atoms with E-state index in [0.29, 0.717) is 5.76 Å². The molecule has 20 heavy (non-hydrogen) atoms. The van der Waals surface area contributed by atoms with Crippen molar-refractivity contribution in [2.45, 2.75) is 38.8 Å². The topological polar surface area (TPSA) is 51.5 Å². The largest absolute Gasteiger partial charge is 0.451 e. The molecule has 1 saturated heterocycles. The third kappa shape index (κ3) is 2.31. The van der Waals surface area contributed by atoms with Crippen molar-refractivity contribution in [3.63, 3.8) is 0 Å². The van der Waals surface area contributed by atoms with Crippen molar-refractivity contribution in [2.24, 2.45) is 0 Å². The minimum atomic E-state index is -0.165. The van der Waals surface area contributed by atoms with E-state index in [1.54, 1.807) is 0 Å².